The van der Waals surface area contributed by atoms with E-state index in [1.807, 2.05) is 0 Å². The molecular weight excluding hydrogens is 360 g/mol. The van der Waals surface area contributed by atoms with E-state index in [1.165, 1.54) is 16.4 Å². The summed E-state index contributed by atoms with van der Waals surface area (Å²) in [6.07, 6.45) is 3.12. The zero-order valence-corrected chi connectivity index (χ0v) is 14.2. The van der Waals surface area contributed by atoms with Gasteiger partial charge in [0.15, 0.2) is 5.82 Å². The third-order valence-corrected chi connectivity index (χ3v) is 6.62. The Bertz CT molecular complexity index is 620. The van der Waals surface area contributed by atoms with Gasteiger partial charge in [0, 0.05) is 18.5 Å². The fourth-order valence-electron chi connectivity index (χ4n) is 2.22. The highest BCUT2D eigenvalue weighted by Crippen LogP contribution is 2.35. The van der Waals surface area contributed by atoms with Gasteiger partial charge in [-0.05, 0) is 31.4 Å². The average molecular weight is 375 g/mol. The van der Waals surface area contributed by atoms with Crippen LogP contribution in [0.1, 0.15) is 25.7 Å². The van der Waals surface area contributed by atoms with Gasteiger partial charge in [-0.3, -0.25) is 0 Å². The fraction of sp³-hybridized carbons (Fsp3) is 0.538. The Morgan fingerprint density at radius 1 is 1.29 bits per heavy atom. The smallest absolute Gasteiger partial charge is 0.207 e. The highest BCUT2D eigenvalue weighted by atomic mass is 35.5. The van der Waals surface area contributed by atoms with Crippen molar-refractivity contribution in [3.05, 3.63) is 28.0 Å². The zero-order chi connectivity index (χ0) is 15.6. The van der Waals surface area contributed by atoms with Crippen molar-refractivity contribution in [2.45, 2.75) is 36.6 Å². The van der Waals surface area contributed by atoms with E-state index in [0.29, 0.717) is 18.8 Å². The summed E-state index contributed by atoms with van der Waals surface area (Å²) in [4.78, 5) is -0.243. The van der Waals surface area contributed by atoms with Crippen LogP contribution in [0.5, 0.6) is 0 Å². The number of hydrogen-bond acceptors (Lipinski definition) is 2. The average Bonchev–Trinajstić information content (AvgIpc) is 2.38. The molecule has 1 aliphatic rings. The Hall–Kier alpha value is -0.0700. The van der Waals surface area contributed by atoms with Crippen LogP contribution in [0.15, 0.2) is 17.0 Å². The minimum absolute atomic E-state index is 0.0620. The highest BCUT2D eigenvalue weighted by molar-refractivity contribution is 7.89. The Morgan fingerprint density at radius 2 is 1.95 bits per heavy atom. The lowest BCUT2D eigenvalue weighted by Gasteiger charge is -2.36. The number of nitrogens with zero attached hydrogens (tertiary/aromatic N) is 1. The lowest BCUT2D eigenvalue weighted by molar-refractivity contribution is 0.220. The van der Waals surface area contributed by atoms with Crippen molar-refractivity contribution in [1.29, 1.82) is 0 Å². The van der Waals surface area contributed by atoms with Crippen molar-refractivity contribution in [3.8, 4) is 0 Å². The molecule has 0 spiro atoms. The summed E-state index contributed by atoms with van der Waals surface area (Å²) in [5.74, 6) is -0.549. The van der Waals surface area contributed by atoms with Crippen molar-refractivity contribution in [3.63, 3.8) is 0 Å². The molecule has 8 heteroatoms. The molecule has 21 heavy (non-hydrogen) atoms. The summed E-state index contributed by atoms with van der Waals surface area (Å²) in [5, 5.41) is -0.660. The predicted molar refractivity (Wildman–Crippen MR) is 83.3 cm³/mol. The SMILES string of the molecule is O=S(=O)(c1ccc(Cl)c(F)c1Cl)N(CCCCl)C1CCC1. The van der Waals surface area contributed by atoms with Crippen LogP contribution in [0.3, 0.4) is 0 Å². The molecule has 0 N–H and O–H groups in total. The minimum Gasteiger partial charge on any atom is -0.207 e. The normalized spacial score (nSPS) is 16.2. The lowest BCUT2D eigenvalue weighted by atomic mass is 9.93. The molecule has 0 heterocycles. The molecule has 1 aromatic carbocycles. The number of halogens is 4. The molecule has 0 bridgehead atoms. The Balaban J connectivity index is 2.40. The van der Waals surface area contributed by atoms with Crippen molar-refractivity contribution in [1.82, 2.24) is 4.31 Å². The van der Waals surface area contributed by atoms with Crippen molar-refractivity contribution >= 4 is 44.8 Å². The van der Waals surface area contributed by atoms with E-state index in [9.17, 15) is 12.8 Å². The highest BCUT2D eigenvalue weighted by Gasteiger charge is 2.36. The molecule has 2 rings (SSSR count). The third-order valence-electron chi connectivity index (χ3n) is 3.58. The van der Waals surface area contributed by atoms with Crippen LogP contribution < -0.4 is 0 Å². The molecule has 0 amide bonds. The third kappa shape index (κ3) is 3.48. The molecule has 0 unspecified atom stereocenters. The summed E-state index contributed by atoms with van der Waals surface area (Å²) in [6.45, 7) is 0.303. The maximum atomic E-state index is 13.8. The van der Waals surface area contributed by atoms with Gasteiger partial charge in [0.2, 0.25) is 10.0 Å². The van der Waals surface area contributed by atoms with E-state index in [0.717, 1.165) is 19.3 Å². The molecule has 1 aliphatic carbocycles. The van der Waals surface area contributed by atoms with E-state index in [2.05, 4.69) is 0 Å². The molecule has 0 aliphatic heterocycles. The van der Waals surface area contributed by atoms with Gasteiger partial charge in [-0.1, -0.05) is 29.6 Å². The summed E-state index contributed by atoms with van der Waals surface area (Å²) in [5.41, 5.74) is 0. The van der Waals surface area contributed by atoms with Crippen LogP contribution >= 0.6 is 34.8 Å². The van der Waals surface area contributed by atoms with Crippen LogP contribution in [0, 0.1) is 5.82 Å². The molecule has 0 radical (unpaired) electrons. The molecule has 1 fully saturated rings. The van der Waals surface area contributed by atoms with Gasteiger partial charge in [-0.15, -0.1) is 11.6 Å². The van der Waals surface area contributed by atoms with Gasteiger partial charge in [0.05, 0.1) is 10.0 Å². The maximum Gasteiger partial charge on any atom is 0.244 e. The Morgan fingerprint density at radius 3 is 2.48 bits per heavy atom. The van der Waals surface area contributed by atoms with Crippen molar-refractivity contribution in [2.24, 2.45) is 0 Å². The molecule has 0 saturated heterocycles. The molecular formula is C13H15Cl3FNO2S. The second kappa shape index (κ2) is 7.01. The van der Waals surface area contributed by atoms with Crippen LogP contribution in [0.4, 0.5) is 4.39 Å². The molecule has 1 aromatic rings. The van der Waals surface area contributed by atoms with Crippen molar-refractivity contribution in [2.75, 3.05) is 12.4 Å². The van der Waals surface area contributed by atoms with Gasteiger partial charge in [0.25, 0.3) is 0 Å². The van der Waals surface area contributed by atoms with E-state index < -0.39 is 20.9 Å². The first-order chi connectivity index (χ1) is 9.89. The number of benzene rings is 1. The summed E-state index contributed by atoms with van der Waals surface area (Å²) >= 11 is 17.1. The zero-order valence-electron chi connectivity index (χ0n) is 11.2. The van der Waals surface area contributed by atoms with E-state index >= 15 is 0 Å². The molecule has 1 saturated carbocycles. The summed E-state index contributed by atoms with van der Waals surface area (Å²) < 4.78 is 40.6. The van der Waals surface area contributed by atoms with E-state index in [4.69, 9.17) is 34.8 Å². The van der Waals surface area contributed by atoms with Gasteiger partial charge in [-0.25, -0.2) is 12.8 Å². The van der Waals surface area contributed by atoms with Crippen LogP contribution in [0.2, 0.25) is 10.0 Å². The summed E-state index contributed by atoms with van der Waals surface area (Å²) in [6, 6.07) is 2.39. The number of sulfonamides is 1. The Labute approximate surface area is 139 Å². The lowest BCUT2D eigenvalue weighted by Crippen LogP contribution is -2.44. The van der Waals surface area contributed by atoms with Gasteiger partial charge in [-0.2, -0.15) is 4.31 Å². The van der Waals surface area contributed by atoms with Gasteiger partial charge in [0.1, 0.15) is 4.90 Å². The topological polar surface area (TPSA) is 37.4 Å². The number of alkyl halides is 1. The number of hydrogen-bond donors (Lipinski definition) is 0. The first-order valence-corrected chi connectivity index (χ1v) is 9.34. The first-order valence-electron chi connectivity index (χ1n) is 6.61. The summed E-state index contributed by atoms with van der Waals surface area (Å²) in [7, 11) is -3.86. The molecule has 0 atom stereocenters. The quantitative estimate of drug-likeness (QED) is 0.550. The van der Waals surface area contributed by atoms with Crippen LogP contribution in [-0.2, 0) is 10.0 Å². The standard InChI is InChI=1S/C13H15Cl3FNO2S/c14-7-2-8-18(9-3-1-4-9)21(19,20)11-6-5-10(15)13(17)12(11)16/h5-6,9H,1-4,7-8H2. The monoisotopic (exact) mass is 373 g/mol. The molecule has 3 nitrogen and oxygen atoms in total. The second-order valence-corrected chi connectivity index (χ2v) is 7.94. The van der Waals surface area contributed by atoms with Crippen LogP contribution in [0.25, 0.3) is 0 Å². The minimum atomic E-state index is -3.86. The second-order valence-electron chi connectivity index (χ2n) is 4.92. The van der Waals surface area contributed by atoms with Crippen LogP contribution in [-0.4, -0.2) is 31.2 Å². The van der Waals surface area contributed by atoms with E-state index in [1.54, 1.807) is 0 Å². The Kier molecular flexibility index (Phi) is 5.77. The number of rotatable bonds is 6. The largest absolute Gasteiger partial charge is 0.244 e. The van der Waals surface area contributed by atoms with Gasteiger partial charge < -0.3 is 0 Å². The molecule has 118 valence electrons. The first kappa shape index (κ1) is 17.3. The fourth-order valence-corrected chi connectivity index (χ4v) is 4.79. The van der Waals surface area contributed by atoms with Gasteiger partial charge >= 0.3 is 0 Å². The predicted octanol–water partition coefficient (Wildman–Crippen LogP) is 4.30. The molecule has 0 aromatic heterocycles. The maximum absolute atomic E-state index is 13.8. The van der Waals surface area contributed by atoms with E-state index in [-0.39, 0.29) is 16.0 Å². The van der Waals surface area contributed by atoms with Crippen molar-refractivity contribution < 1.29 is 12.8 Å².